The Kier molecular flexibility index (Phi) is 3.76. The lowest BCUT2D eigenvalue weighted by atomic mass is 10.1. The van der Waals surface area contributed by atoms with E-state index >= 15 is 0 Å². The molecule has 2 N–H and O–H groups in total. The number of likely N-dealkylation sites (N-methyl/N-ethyl adjacent to an activating group) is 1. The molecular formula is C16H14N4O3. The lowest BCUT2D eigenvalue weighted by Crippen LogP contribution is -2.25. The van der Waals surface area contributed by atoms with Gasteiger partial charge in [-0.3, -0.25) is 19.5 Å². The van der Waals surface area contributed by atoms with Crippen molar-refractivity contribution in [1.29, 1.82) is 0 Å². The van der Waals surface area contributed by atoms with E-state index < -0.39 is 12.1 Å². The van der Waals surface area contributed by atoms with Gasteiger partial charge in [0, 0.05) is 30.7 Å². The Labute approximate surface area is 132 Å². The van der Waals surface area contributed by atoms with Gasteiger partial charge >= 0.3 is 6.03 Å². The van der Waals surface area contributed by atoms with Crippen molar-refractivity contribution in [2.45, 2.75) is 6.04 Å². The molecule has 1 aliphatic heterocycles. The van der Waals surface area contributed by atoms with Gasteiger partial charge in [0.15, 0.2) is 0 Å². The first-order chi connectivity index (χ1) is 11.1. The number of nitrogens with one attached hydrogen (secondary N) is 2. The molecule has 116 valence electrons. The normalized spacial score (nSPS) is 17.1. The van der Waals surface area contributed by atoms with Crippen molar-refractivity contribution in [3.05, 3.63) is 59.9 Å². The van der Waals surface area contributed by atoms with E-state index in [2.05, 4.69) is 15.6 Å². The summed E-state index contributed by atoms with van der Waals surface area (Å²) in [6.07, 6.45) is 3.09. The van der Waals surface area contributed by atoms with Crippen molar-refractivity contribution < 1.29 is 14.4 Å². The second-order valence-corrected chi connectivity index (χ2v) is 5.09. The monoisotopic (exact) mass is 310 g/mol. The fraction of sp³-hybridized carbons (Fsp3) is 0.125. The third kappa shape index (κ3) is 2.89. The van der Waals surface area contributed by atoms with Crippen LogP contribution in [0.15, 0.2) is 48.8 Å². The van der Waals surface area contributed by atoms with E-state index in [0.717, 1.165) is 4.90 Å². The molecule has 0 aliphatic carbocycles. The molecule has 1 unspecified atom stereocenters. The minimum atomic E-state index is -0.683. The summed E-state index contributed by atoms with van der Waals surface area (Å²) in [5.41, 5.74) is 1.76. The Morgan fingerprint density at radius 2 is 1.78 bits per heavy atom. The molecule has 1 aliphatic rings. The summed E-state index contributed by atoms with van der Waals surface area (Å²) >= 11 is 0. The van der Waals surface area contributed by atoms with Crippen LogP contribution in [0, 0.1) is 0 Å². The van der Waals surface area contributed by atoms with Crippen LogP contribution in [-0.2, 0) is 4.79 Å². The number of carbonyl (C=O) groups excluding carboxylic acids is 3. The van der Waals surface area contributed by atoms with Gasteiger partial charge in [-0.15, -0.1) is 0 Å². The standard InChI is InChI=1S/C16H14N4O3/c1-20-15(22)13(19-16(20)23)10-2-4-12(5-3-10)18-14(21)11-6-8-17-9-7-11/h2-9,13H,1H3,(H,18,21)(H,19,23). The number of urea groups is 1. The van der Waals surface area contributed by atoms with Crippen LogP contribution in [-0.4, -0.2) is 34.8 Å². The number of imide groups is 1. The van der Waals surface area contributed by atoms with E-state index in [4.69, 9.17) is 0 Å². The first-order valence-electron chi connectivity index (χ1n) is 6.95. The zero-order valence-corrected chi connectivity index (χ0v) is 12.3. The van der Waals surface area contributed by atoms with E-state index in [1.807, 2.05) is 0 Å². The van der Waals surface area contributed by atoms with E-state index in [-0.39, 0.29) is 11.8 Å². The van der Waals surface area contributed by atoms with Gasteiger partial charge in [0.1, 0.15) is 6.04 Å². The smallest absolute Gasteiger partial charge is 0.322 e. The summed E-state index contributed by atoms with van der Waals surface area (Å²) < 4.78 is 0. The van der Waals surface area contributed by atoms with Gasteiger partial charge < -0.3 is 10.6 Å². The average Bonchev–Trinajstić information content (AvgIpc) is 2.84. The minimum absolute atomic E-state index is 0.245. The molecule has 0 saturated carbocycles. The maximum atomic E-state index is 12.0. The van der Waals surface area contributed by atoms with Crippen LogP contribution in [0.3, 0.4) is 0 Å². The van der Waals surface area contributed by atoms with E-state index in [1.54, 1.807) is 48.8 Å². The molecular weight excluding hydrogens is 296 g/mol. The van der Waals surface area contributed by atoms with Crippen LogP contribution in [0.25, 0.3) is 0 Å². The summed E-state index contributed by atoms with van der Waals surface area (Å²) in [7, 11) is 1.43. The largest absolute Gasteiger partial charge is 0.324 e. The maximum Gasteiger partial charge on any atom is 0.324 e. The molecule has 1 saturated heterocycles. The van der Waals surface area contributed by atoms with Crippen molar-refractivity contribution in [2.75, 3.05) is 12.4 Å². The second kappa shape index (κ2) is 5.88. The quantitative estimate of drug-likeness (QED) is 0.842. The van der Waals surface area contributed by atoms with E-state index in [9.17, 15) is 14.4 Å². The molecule has 7 nitrogen and oxygen atoms in total. The van der Waals surface area contributed by atoms with Crippen molar-refractivity contribution in [2.24, 2.45) is 0 Å². The highest BCUT2D eigenvalue weighted by atomic mass is 16.2. The molecule has 3 rings (SSSR count). The summed E-state index contributed by atoms with van der Waals surface area (Å²) in [5.74, 6) is -0.547. The fourth-order valence-corrected chi connectivity index (χ4v) is 2.27. The molecule has 7 heteroatoms. The highest BCUT2D eigenvalue weighted by Gasteiger charge is 2.36. The van der Waals surface area contributed by atoms with Crippen LogP contribution in [0.4, 0.5) is 10.5 Å². The summed E-state index contributed by atoms with van der Waals surface area (Å²) in [6.45, 7) is 0. The van der Waals surface area contributed by atoms with Gasteiger partial charge in [0.05, 0.1) is 0 Å². The molecule has 23 heavy (non-hydrogen) atoms. The van der Waals surface area contributed by atoms with Crippen molar-refractivity contribution in [3.63, 3.8) is 0 Å². The Morgan fingerprint density at radius 1 is 1.13 bits per heavy atom. The maximum absolute atomic E-state index is 12.0. The van der Waals surface area contributed by atoms with Gasteiger partial charge in [-0.05, 0) is 29.8 Å². The van der Waals surface area contributed by atoms with Crippen LogP contribution < -0.4 is 10.6 Å². The number of benzene rings is 1. The second-order valence-electron chi connectivity index (χ2n) is 5.09. The summed E-state index contributed by atoms with van der Waals surface area (Å²) in [5, 5.41) is 5.35. The molecule has 1 atom stereocenters. The van der Waals surface area contributed by atoms with Crippen LogP contribution in [0.2, 0.25) is 0 Å². The number of nitrogens with zero attached hydrogens (tertiary/aromatic N) is 2. The first kappa shape index (κ1) is 14.7. The molecule has 2 heterocycles. The number of hydrogen-bond donors (Lipinski definition) is 2. The Balaban J connectivity index is 1.72. The lowest BCUT2D eigenvalue weighted by molar-refractivity contribution is -0.126. The van der Waals surface area contributed by atoms with Crippen molar-refractivity contribution in [3.8, 4) is 0 Å². The Morgan fingerprint density at radius 3 is 2.35 bits per heavy atom. The van der Waals surface area contributed by atoms with E-state index in [0.29, 0.717) is 16.8 Å². The van der Waals surface area contributed by atoms with Gasteiger partial charge in [0.2, 0.25) is 0 Å². The molecule has 1 fully saturated rings. The van der Waals surface area contributed by atoms with E-state index in [1.165, 1.54) is 7.05 Å². The third-order valence-corrected chi connectivity index (χ3v) is 3.59. The number of aromatic nitrogens is 1. The molecule has 4 amide bonds. The number of anilines is 1. The number of amides is 4. The van der Waals surface area contributed by atoms with Crippen molar-refractivity contribution in [1.82, 2.24) is 15.2 Å². The third-order valence-electron chi connectivity index (χ3n) is 3.59. The first-order valence-corrected chi connectivity index (χ1v) is 6.95. The molecule has 0 bridgehead atoms. The zero-order valence-electron chi connectivity index (χ0n) is 12.3. The molecule has 1 aromatic carbocycles. The van der Waals surface area contributed by atoms with Gasteiger partial charge in [0.25, 0.3) is 11.8 Å². The minimum Gasteiger partial charge on any atom is -0.322 e. The molecule has 0 spiro atoms. The van der Waals surface area contributed by atoms with Crippen LogP contribution in [0.5, 0.6) is 0 Å². The predicted molar refractivity (Wildman–Crippen MR) is 82.7 cm³/mol. The van der Waals surface area contributed by atoms with Gasteiger partial charge in [-0.2, -0.15) is 0 Å². The number of hydrogen-bond acceptors (Lipinski definition) is 4. The topological polar surface area (TPSA) is 91.4 Å². The molecule has 1 aromatic heterocycles. The van der Waals surface area contributed by atoms with Crippen LogP contribution in [0.1, 0.15) is 22.0 Å². The Bertz CT molecular complexity index is 759. The summed E-state index contributed by atoms with van der Waals surface area (Å²) in [4.78, 5) is 40.3. The Hall–Kier alpha value is -3.22. The van der Waals surface area contributed by atoms with Crippen molar-refractivity contribution >= 4 is 23.5 Å². The fourth-order valence-electron chi connectivity index (χ4n) is 2.27. The highest BCUT2D eigenvalue weighted by molar-refractivity contribution is 6.05. The number of rotatable bonds is 3. The van der Waals surface area contributed by atoms with Crippen LogP contribution >= 0.6 is 0 Å². The lowest BCUT2D eigenvalue weighted by Gasteiger charge is -2.10. The average molecular weight is 310 g/mol. The number of carbonyl (C=O) groups is 3. The molecule has 0 radical (unpaired) electrons. The van der Waals surface area contributed by atoms with Gasteiger partial charge in [-0.1, -0.05) is 12.1 Å². The summed E-state index contributed by atoms with van der Waals surface area (Å²) in [6, 6.07) is 8.90. The van der Waals surface area contributed by atoms with Gasteiger partial charge in [-0.25, -0.2) is 4.79 Å². The number of pyridine rings is 1. The highest BCUT2D eigenvalue weighted by Crippen LogP contribution is 2.22. The predicted octanol–water partition coefficient (Wildman–Crippen LogP) is 1.56. The SMILES string of the molecule is CN1C(=O)NC(c2ccc(NC(=O)c3ccncc3)cc2)C1=O. The molecule has 2 aromatic rings. The zero-order chi connectivity index (χ0) is 16.4.